The zero-order valence-corrected chi connectivity index (χ0v) is 8.51. The molecule has 1 heteroatoms. The van der Waals surface area contributed by atoms with Gasteiger partial charge in [-0.3, -0.25) is 0 Å². The Bertz CT molecular complexity index is 309. The molecule has 0 nitrogen and oxygen atoms in total. The summed E-state index contributed by atoms with van der Waals surface area (Å²) < 4.78 is 0. The zero-order chi connectivity index (χ0) is 9.68. The Balaban J connectivity index is 2.86. The smallest absolute Gasteiger partial charge is 0.0408 e. The molecule has 0 aromatic heterocycles. The highest BCUT2D eigenvalue weighted by molar-refractivity contribution is 6.30. The SMILES string of the molecule is C#CCC(CC)c1cccc(Cl)c1. The van der Waals surface area contributed by atoms with Gasteiger partial charge in [0.15, 0.2) is 0 Å². The largest absolute Gasteiger partial charge is 0.120 e. The van der Waals surface area contributed by atoms with Crippen LogP contribution < -0.4 is 0 Å². The maximum absolute atomic E-state index is 5.89. The summed E-state index contributed by atoms with van der Waals surface area (Å²) in [6.07, 6.45) is 7.15. The first-order chi connectivity index (χ1) is 6.27. The van der Waals surface area contributed by atoms with Gasteiger partial charge in [-0.25, -0.2) is 0 Å². The standard InChI is InChI=1S/C12H13Cl/c1-3-6-10(4-2)11-7-5-8-12(13)9-11/h1,5,7-10H,4,6H2,2H3. The van der Waals surface area contributed by atoms with Crippen LogP contribution in [0.5, 0.6) is 0 Å². The van der Waals surface area contributed by atoms with Crippen molar-refractivity contribution in [1.29, 1.82) is 0 Å². The van der Waals surface area contributed by atoms with Gasteiger partial charge in [0, 0.05) is 11.4 Å². The predicted octanol–water partition coefficient (Wildman–Crippen LogP) is 3.86. The van der Waals surface area contributed by atoms with Crippen molar-refractivity contribution in [1.82, 2.24) is 0 Å². The molecular weight excluding hydrogens is 180 g/mol. The van der Waals surface area contributed by atoms with E-state index in [1.54, 1.807) is 0 Å². The van der Waals surface area contributed by atoms with Crippen LogP contribution in [0.2, 0.25) is 5.02 Å². The van der Waals surface area contributed by atoms with Gasteiger partial charge in [-0.2, -0.15) is 0 Å². The first kappa shape index (κ1) is 10.2. The fraction of sp³-hybridized carbons (Fsp3) is 0.333. The lowest BCUT2D eigenvalue weighted by atomic mass is 9.94. The monoisotopic (exact) mass is 192 g/mol. The van der Waals surface area contributed by atoms with E-state index in [1.165, 1.54) is 5.56 Å². The average Bonchev–Trinajstić information content (AvgIpc) is 2.14. The Hall–Kier alpha value is -0.930. The number of rotatable bonds is 3. The summed E-state index contributed by atoms with van der Waals surface area (Å²) in [6.45, 7) is 2.14. The third-order valence-electron chi connectivity index (χ3n) is 2.18. The molecule has 1 atom stereocenters. The molecule has 1 aromatic carbocycles. The Labute approximate surface area is 84.9 Å². The van der Waals surface area contributed by atoms with Gasteiger partial charge in [-0.1, -0.05) is 30.7 Å². The molecule has 0 aliphatic carbocycles. The molecule has 0 aliphatic rings. The van der Waals surface area contributed by atoms with Crippen LogP contribution in [-0.4, -0.2) is 0 Å². The van der Waals surface area contributed by atoms with Crippen LogP contribution in [0.25, 0.3) is 0 Å². The summed E-state index contributed by atoms with van der Waals surface area (Å²) in [4.78, 5) is 0. The Morgan fingerprint density at radius 3 is 2.85 bits per heavy atom. The molecule has 0 amide bonds. The first-order valence-electron chi connectivity index (χ1n) is 4.46. The molecule has 1 rings (SSSR count). The molecule has 1 aromatic rings. The van der Waals surface area contributed by atoms with Gasteiger partial charge in [-0.15, -0.1) is 12.3 Å². The molecule has 0 saturated carbocycles. The highest BCUT2D eigenvalue weighted by Gasteiger charge is 2.07. The molecule has 0 aliphatic heterocycles. The molecule has 68 valence electrons. The number of halogens is 1. The zero-order valence-electron chi connectivity index (χ0n) is 7.76. The van der Waals surface area contributed by atoms with Crippen molar-refractivity contribution in [2.24, 2.45) is 0 Å². The van der Waals surface area contributed by atoms with E-state index in [0.29, 0.717) is 5.92 Å². The summed E-state index contributed by atoms with van der Waals surface area (Å²) in [7, 11) is 0. The maximum Gasteiger partial charge on any atom is 0.0408 e. The molecule has 0 N–H and O–H groups in total. The van der Waals surface area contributed by atoms with Gasteiger partial charge in [0.1, 0.15) is 0 Å². The Morgan fingerprint density at radius 2 is 2.31 bits per heavy atom. The van der Waals surface area contributed by atoms with Crippen molar-refractivity contribution in [3.8, 4) is 12.3 Å². The molecular formula is C12H13Cl. The fourth-order valence-corrected chi connectivity index (χ4v) is 1.60. The van der Waals surface area contributed by atoms with Gasteiger partial charge in [0.2, 0.25) is 0 Å². The lowest BCUT2D eigenvalue weighted by molar-refractivity contribution is 0.685. The molecule has 0 heterocycles. The van der Waals surface area contributed by atoms with Crippen molar-refractivity contribution < 1.29 is 0 Å². The Morgan fingerprint density at radius 1 is 1.54 bits per heavy atom. The van der Waals surface area contributed by atoms with E-state index in [-0.39, 0.29) is 0 Å². The van der Waals surface area contributed by atoms with Gasteiger partial charge >= 0.3 is 0 Å². The number of hydrogen-bond donors (Lipinski definition) is 0. The lowest BCUT2D eigenvalue weighted by Gasteiger charge is -2.11. The Kier molecular flexibility index (Phi) is 3.86. The second-order valence-corrected chi connectivity index (χ2v) is 3.50. The van der Waals surface area contributed by atoms with Crippen LogP contribution in [0, 0.1) is 12.3 Å². The molecule has 0 saturated heterocycles. The van der Waals surface area contributed by atoms with Crippen LogP contribution >= 0.6 is 11.6 Å². The third-order valence-corrected chi connectivity index (χ3v) is 2.41. The molecule has 0 radical (unpaired) electrons. The summed E-state index contributed by atoms with van der Waals surface area (Å²) in [5.74, 6) is 3.14. The van der Waals surface area contributed by atoms with E-state index in [2.05, 4.69) is 18.9 Å². The quantitative estimate of drug-likeness (QED) is 0.638. The first-order valence-corrected chi connectivity index (χ1v) is 4.84. The van der Waals surface area contributed by atoms with E-state index in [0.717, 1.165) is 17.9 Å². The van der Waals surface area contributed by atoms with Crippen molar-refractivity contribution in [3.05, 3.63) is 34.9 Å². The summed E-state index contributed by atoms with van der Waals surface area (Å²) >= 11 is 5.89. The minimum absolute atomic E-state index is 0.448. The topological polar surface area (TPSA) is 0 Å². The molecule has 1 unspecified atom stereocenters. The van der Waals surface area contributed by atoms with Crippen LogP contribution in [0.15, 0.2) is 24.3 Å². The van der Waals surface area contributed by atoms with Gasteiger partial charge in [0.25, 0.3) is 0 Å². The normalized spacial score (nSPS) is 12.1. The van der Waals surface area contributed by atoms with Crippen molar-refractivity contribution in [2.75, 3.05) is 0 Å². The van der Waals surface area contributed by atoms with Crippen molar-refractivity contribution in [3.63, 3.8) is 0 Å². The minimum Gasteiger partial charge on any atom is -0.120 e. The van der Waals surface area contributed by atoms with Gasteiger partial charge in [-0.05, 0) is 30.0 Å². The second kappa shape index (κ2) is 4.94. The van der Waals surface area contributed by atoms with E-state index in [9.17, 15) is 0 Å². The highest BCUT2D eigenvalue weighted by Crippen LogP contribution is 2.24. The van der Waals surface area contributed by atoms with Crippen molar-refractivity contribution >= 4 is 11.6 Å². The minimum atomic E-state index is 0.448. The van der Waals surface area contributed by atoms with E-state index < -0.39 is 0 Å². The highest BCUT2D eigenvalue weighted by atomic mass is 35.5. The van der Waals surface area contributed by atoms with Gasteiger partial charge < -0.3 is 0 Å². The second-order valence-electron chi connectivity index (χ2n) is 3.07. The molecule has 0 fully saturated rings. The van der Waals surface area contributed by atoms with Crippen LogP contribution in [-0.2, 0) is 0 Å². The summed E-state index contributed by atoms with van der Waals surface area (Å²) in [6, 6.07) is 7.93. The van der Waals surface area contributed by atoms with Crippen LogP contribution in [0.1, 0.15) is 31.2 Å². The van der Waals surface area contributed by atoms with Gasteiger partial charge in [0.05, 0.1) is 0 Å². The number of benzene rings is 1. The molecule has 0 spiro atoms. The predicted molar refractivity (Wildman–Crippen MR) is 57.9 cm³/mol. The lowest BCUT2D eigenvalue weighted by Crippen LogP contribution is -1.95. The molecule has 0 bridgehead atoms. The summed E-state index contributed by atoms with van der Waals surface area (Å²) in [5, 5.41) is 0.785. The van der Waals surface area contributed by atoms with Crippen LogP contribution in [0.4, 0.5) is 0 Å². The molecule has 13 heavy (non-hydrogen) atoms. The van der Waals surface area contributed by atoms with E-state index in [4.69, 9.17) is 18.0 Å². The van der Waals surface area contributed by atoms with Crippen molar-refractivity contribution in [2.45, 2.75) is 25.7 Å². The van der Waals surface area contributed by atoms with Crippen LogP contribution in [0.3, 0.4) is 0 Å². The van der Waals surface area contributed by atoms with E-state index in [1.807, 2.05) is 18.2 Å². The number of terminal acetylenes is 1. The third kappa shape index (κ3) is 2.79. The average molecular weight is 193 g/mol. The summed E-state index contributed by atoms with van der Waals surface area (Å²) in [5.41, 5.74) is 1.24. The fourth-order valence-electron chi connectivity index (χ4n) is 1.40. The number of hydrogen-bond acceptors (Lipinski definition) is 0. The maximum atomic E-state index is 5.89. The van der Waals surface area contributed by atoms with E-state index >= 15 is 0 Å².